The fraction of sp³-hybridized carbons (Fsp3) is 0.273. The molecule has 5 heteroatoms. The van der Waals surface area contributed by atoms with Gasteiger partial charge >= 0.3 is 0 Å². The quantitative estimate of drug-likeness (QED) is 0.445. The molecule has 1 amide bonds. The summed E-state index contributed by atoms with van der Waals surface area (Å²) in [7, 11) is 1.46. The summed E-state index contributed by atoms with van der Waals surface area (Å²) in [5.74, 6) is -0.478. The fourth-order valence-electron chi connectivity index (χ4n) is 1.59. The van der Waals surface area contributed by atoms with Crippen LogP contribution in [0.15, 0.2) is 30.3 Å². The molecule has 0 fully saturated rings. The number of hydrogen-bond donors (Lipinski definition) is 4. The zero-order valence-corrected chi connectivity index (χ0v) is 9.24. The molecule has 1 aromatic carbocycles. The van der Waals surface area contributed by atoms with E-state index in [0.717, 1.165) is 0 Å². The molecule has 0 bridgehead atoms. The Morgan fingerprint density at radius 1 is 1.38 bits per heavy atom. The van der Waals surface area contributed by atoms with Crippen molar-refractivity contribution in [2.24, 2.45) is 0 Å². The SMILES string of the molecule is CNC(=O)C(NO)(C(C)=N)c1ccccc1. The summed E-state index contributed by atoms with van der Waals surface area (Å²) in [5.41, 5.74) is 0.960. The van der Waals surface area contributed by atoms with Crippen molar-refractivity contribution in [1.82, 2.24) is 10.8 Å². The molecule has 0 heterocycles. The van der Waals surface area contributed by atoms with Crippen LogP contribution in [0.3, 0.4) is 0 Å². The van der Waals surface area contributed by atoms with E-state index in [4.69, 9.17) is 5.41 Å². The molecule has 4 N–H and O–H groups in total. The minimum absolute atomic E-state index is 0.0144. The maximum Gasteiger partial charge on any atom is 0.252 e. The summed E-state index contributed by atoms with van der Waals surface area (Å²) in [5, 5.41) is 19.4. The summed E-state index contributed by atoms with van der Waals surface area (Å²) >= 11 is 0. The number of carbonyl (C=O) groups excluding carboxylic acids is 1. The maximum atomic E-state index is 11.8. The van der Waals surface area contributed by atoms with Crippen LogP contribution in [0.1, 0.15) is 12.5 Å². The van der Waals surface area contributed by atoms with Crippen LogP contribution in [-0.2, 0) is 10.3 Å². The molecule has 0 aliphatic carbocycles. The molecule has 1 unspecified atom stereocenters. The number of hydrogen-bond acceptors (Lipinski definition) is 4. The number of carbonyl (C=O) groups is 1. The van der Waals surface area contributed by atoms with Gasteiger partial charge in [-0.3, -0.25) is 4.79 Å². The second-order valence-corrected chi connectivity index (χ2v) is 3.43. The number of likely N-dealkylation sites (N-methyl/N-ethyl adjacent to an activating group) is 1. The molecule has 5 nitrogen and oxygen atoms in total. The van der Waals surface area contributed by atoms with Gasteiger partial charge in [0.2, 0.25) is 0 Å². The van der Waals surface area contributed by atoms with Crippen LogP contribution in [0, 0.1) is 5.41 Å². The number of amides is 1. The van der Waals surface area contributed by atoms with Crippen molar-refractivity contribution in [2.45, 2.75) is 12.5 Å². The van der Waals surface area contributed by atoms with Crippen LogP contribution in [0.2, 0.25) is 0 Å². The van der Waals surface area contributed by atoms with Gasteiger partial charge in [-0.2, -0.15) is 5.48 Å². The summed E-state index contributed by atoms with van der Waals surface area (Å²) in [4.78, 5) is 11.8. The normalized spacial score (nSPS) is 13.9. The molecule has 0 spiro atoms. The minimum atomic E-state index is -1.52. The highest BCUT2D eigenvalue weighted by Crippen LogP contribution is 2.22. The molecule has 16 heavy (non-hydrogen) atoms. The average Bonchev–Trinajstić information content (AvgIpc) is 2.31. The van der Waals surface area contributed by atoms with Gasteiger partial charge in [-0.05, 0) is 12.5 Å². The highest BCUT2D eigenvalue weighted by Gasteiger charge is 2.41. The molecule has 1 atom stereocenters. The summed E-state index contributed by atoms with van der Waals surface area (Å²) in [6, 6.07) is 8.64. The van der Waals surface area contributed by atoms with E-state index < -0.39 is 11.4 Å². The molecule has 0 aromatic heterocycles. The van der Waals surface area contributed by atoms with Crippen LogP contribution in [0.4, 0.5) is 0 Å². The second-order valence-electron chi connectivity index (χ2n) is 3.43. The Morgan fingerprint density at radius 2 is 1.94 bits per heavy atom. The Bertz CT molecular complexity index is 391. The van der Waals surface area contributed by atoms with Gasteiger partial charge in [0.1, 0.15) is 0 Å². The molecule has 1 aromatic rings. The Labute approximate surface area is 94.0 Å². The zero-order valence-electron chi connectivity index (χ0n) is 9.24. The lowest BCUT2D eigenvalue weighted by molar-refractivity contribution is -0.128. The van der Waals surface area contributed by atoms with E-state index in [-0.39, 0.29) is 5.71 Å². The smallest absolute Gasteiger partial charge is 0.252 e. The number of hydroxylamine groups is 1. The monoisotopic (exact) mass is 221 g/mol. The van der Waals surface area contributed by atoms with Crippen molar-refractivity contribution in [3.8, 4) is 0 Å². The Balaban J connectivity index is 3.35. The van der Waals surface area contributed by atoms with E-state index in [0.29, 0.717) is 5.56 Å². The van der Waals surface area contributed by atoms with Crippen molar-refractivity contribution >= 4 is 11.6 Å². The lowest BCUT2D eigenvalue weighted by atomic mass is 9.85. The second kappa shape index (κ2) is 4.87. The van der Waals surface area contributed by atoms with Gasteiger partial charge in [0.15, 0.2) is 5.54 Å². The highest BCUT2D eigenvalue weighted by molar-refractivity contribution is 6.11. The van der Waals surface area contributed by atoms with Gasteiger partial charge in [-0.25, -0.2) is 0 Å². The molecule has 86 valence electrons. The fourth-order valence-corrected chi connectivity index (χ4v) is 1.59. The lowest BCUT2D eigenvalue weighted by Gasteiger charge is -2.30. The number of rotatable bonds is 4. The summed E-state index contributed by atoms with van der Waals surface area (Å²) in [6.07, 6.45) is 0. The first-order chi connectivity index (χ1) is 7.59. The zero-order chi connectivity index (χ0) is 12.2. The molecule has 0 saturated carbocycles. The maximum absolute atomic E-state index is 11.8. The van der Waals surface area contributed by atoms with Gasteiger partial charge in [-0.1, -0.05) is 30.3 Å². The van der Waals surface area contributed by atoms with Gasteiger partial charge in [-0.15, -0.1) is 0 Å². The molecule has 0 aliphatic rings. The Kier molecular flexibility index (Phi) is 3.76. The van der Waals surface area contributed by atoms with Crippen molar-refractivity contribution in [3.05, 3.63) is 35.9 Å². The van der Waals surface area contributed by atoms with E-state index in [9.17, 15) is 10.0 Å². The van der Waals surface area contributed by atoms with Gasteiger partial charge in [0.25, 0.3) is 5.91 Å². The first kappa shape index (κ1) is 12.4. The molecule has 0 radical (unpaired) electrons. The largest absolute Gasteiger partial charge is 0.357 e. The summed E-state index contributed by atoms with van der Waals surface area (Å²) < 4.78 is 0. The first-order valence-corrected chi connectivity index (χ1v) is 4.84. The third-order valence-electron chi connectivity index (χ3n) is 2.50. The van der Waals surface area contributed by atoms with Crippen molar-refractivity contribution < 1.29 is 10.0 Å². The molecule has 1 rings (SSSR count). The molecular formula is C11H15N3O2. The summed E-state index contributed by atoms with van der Waals surface area (Å²) in [6.45, 7) is 1.46. The first-order valence-electron chi connectivity index (χ1n) is 4.84. The molecule has 0 saturated heterocycles. The van der Waals surface area contributed by atoms with Crippen molar-refractivity contribution in [2.75, 3.05) is 7.05 Å². The van der Waals surface area contributed by atoms with Gasteiger partial charge < -0.3 is 15.9 Å². The van der Waals surface area contributed by atoms with Crippen molar-refractivity contribution in [3.63, 3.8) is 0 Å². The van der Waals surface area contributed by atoms with Crippen molar-refractivity contribution in [1.29, 1.82) is 5.41 Å². The third-order valence-corrected chi connectivity index (χ3v) is 2.50. The predicted molar refractivity (Wildman–Crippen MR) is 60.5 cm³/mol. The van der Waals surface area contributed by atoms with Crippen LogP contribution in [0.5, 0.6) is 0 Å². The van der Waals surface area contributed by atoms with E-state index in [1.54, 1.807) is 30.3 Å². The topological polar surface area (TPSA) is 85.2 Å². The van der Waals surface area contributed by atoms with Crippen LogP contribution in [0.25, 0.3) is 0 Å². The molecular weight excluding hydrogens is 206 g/mol. The van der Waals surface area contributed by atoms with Crippen LogP contribution < -0.4 is 10.8 Å². The van der Waals surface area contributed by atoms with Gasteiger partial charge in [0, 0.05) is 12.8 Å². The third kappa shape index (κ3) is 1.82. The highest BCUT2D eigenvalue weighted by atomic mass is 16.5. The van der Waals surface area contributed by atoms with Crippen LogP contribution in [-0.4, -0.2) is 23.9 Å². The Hall–Kier alpha value is -1.72. The lowest BCUT2D eigenvalue weighted by Crippen LogP contribution is -2.57. The predicted octanol–water partition coefficient (Wildman–Crippen LogP) is 0.646. The standard InChI is InChI=1S/C11H15N3O2/c1-8(12)11(14-16,10(15)13-2)9-6-4-3-5-7-9/h3-7,12,14,16H,1-2H3,(H,13,15). The van der Waals surface area contributed by atoms with Crippen LogP contribution >= 0.6 is 0 Å². The Morgan fingerprint density at radius 3 is 2.31 bits per heavy atom. The number of benzene rings is 1. The van der Waals surface area contributed by atoms with Gasteiger partial charge in [0.05, 0.1) is 0 Å². The molecule has 0 aliphatic heterocycles. The van der Waals surface area contributed by atoms with E-state index in [1.807, 2.05) is 5.48 Å². The van der Waals surface area contributed by atoms with E-state index in [1.165, 1.54) is 14.0 Å². The minimum Gasteiger partial charge on any atom is -0.357 e. The van der Waals surface area contributed by atoms with E-state index >= 15 is 0 Å². The average molecular weight is 221 g/mol. The van der Waals surface area contributed by atoms with E-state index in [2.05, 4.69) is 5.32 Å². The number of nitrogens with one attached hydrogen (secondary N) is 3.